The number of para-hydroxylation sites is 1. The van der Waals surface area contributed by atoms with Gasteiger partial charge in [-0.2, -0.15) is 0 Å². The first-order valence-electron chi connectivity index (χ1n) is 9.82. The number of halogens is 1. The minimum atomic E-state index is -0.179. The summed E-state index contributed by atoms with van der Waals surface area (Å²) in [5, 5.41) is 12.8. The Morgan fingerprint density at radius 1 is 0.938 bits per heavy atom. The molecule has 0 unspecified atom stereocenters. The molecule has 0 saturated heterocycles. The molecule has 1 N–H and O–H groups in total. The zero-order chi connectivity index (χ0) is 22.5. The molecular weight excluding hydrogens is 444 g/mol. The lowest BCUT2D eigenvalue weighted by Crippen LogP contribution is -2.14. The predicted molar refractivity (Wildman–Crippen MR) is 128 cm³/mol. The normalized spacial score (nSPS) is 10.7. The molecule has 0 radical (unpaired) electrons. The van der Waals surface area contributed by atoms with E-state index in [-0.39, 0.29) is 17.4 Å². The molecule has 4 rings (SSSR count). The fraction of sp³-hybridized carbons (Fsp3) is 0.0833. The maximum atomic E-state index is 12.5. The number of aromatic nitrogens is 3. The number of thioether (sulfide) groups is 1. The fourth-order valence-electron chi connectivity index (χ4n) is 3.07. The van der Waals surface area contributed by atoms with Crippen molar-refractivity contribution in [2.45, 2.75) is 12.1 Å². The van der Waals surface area contributed by atoms with Gasteiger partial charge in [0.2, 0.25) is 5.91 Å². The van der Waals surface area contributed by atoms with E-state index in [1.54, 1.807) is 36.4 Å². The molecule has 4 aromatic rings. The molecule has 6 nitrogen and oxygen atoms in total. The van der Waals surface area contributed by atoms with E-state index < -0.39 is 0 Å². The van der Waals surface area contributed by atoms with Gasteiger partial charge in [-0.3, -0.25) is 14.2 Å². The van der Waals surface area contributed by atoms with E-state index in [4.69, 9.17) is 11.6 Å². The van der Waals surface area contributed by atoms with E-state index in [0.717, 1.165) is 11.3 Å². The summed E-state index contributed by atoms with van der Waals surface area (Å²) < 4.78 is 1.92. The lowest BCUT2D eigenvalue weighted by atomic mass is 10.1. The summed E-state index contributed by atoms with van der Waals surface area (Å²) in [7, 11) is 0. The first-order valence-corrected chi connectivity index (χ1v) is 11.2. The number of hydrogen-bond donors (Lipinski definition) is 1. The number of amides is 1. The predicted octanol–water partition coefficient (Wildman–Crippen LogP) is 5.52. The van der Waals surface area contributed by atoms with Crippen LogP contribution in [0.25, 0.3) is 17.1 Å². The van der Waals surface area contributed by atoms with E-state index in [1.165, 1.54) is 18.7 Å². The van der Waals surface area contributed by atoms with E-state index in [1.807, 2.05) is 47.0 Å². The van der Waals surface area contributed by atoms with Crippen molar-refractivity contribution in [2.75, 3.05) is 11.1 Å². The van der Waals surface area contributed by atoms with Crippen LogP contribution < -0.4 is 5.32 Å². The molecule has 0 aliphatic carbocycles. The molecule has 0 fully saturated rings. The molecule has 0 bridgehead atoms. The molecule has 0 atom stereocenters. The number of rotatable bonds is 7. The Bertz CT molecular complexity index is 1240. The van der Waals surface area contributed by atoms with Crippen LogP contribution in [0.2, 0.25) is 5.02 Å². The summed E-state index contributed by atoms with van der Waals surface area (Å²) in [6.45, 7) is 1.51. The lowest BCUT2D eigenvalue weighted by molar-refractivity contribution is -0.113. The topological polar surface area (TPSA) is 76.9 Å². The second-order valence-corrected chi connectivity index (χ2v) is 8.33. The molecule has 1 heterocycles. The minimum Gasteiger partial charge on any atom is -0.325 e. The average molecular weight is 463 g/mol. The van der Waals surface area contributed by atoms with Crippen molar-refractivity contribution in [2.24, 2.45) is 0 Å². The molecule has 160 valence electrons. The number of nitrogens with one attached hydrogen (secondary N) is 1. The van der Waals surface area contributed by atoms with Gasteiger partial charge in [0.1, 0.15) is 0 Å². The maximum Gasteiger partial charge on any atom is 0.234 e. The van der Waals surface area contributed by atoms with Gasteiger partial charge in [-0.15, -0.1) is 10.2 Å². The van der Waals surface area contributed by atoms with Gasteiger partial charge in [-0.25, -0.2) is 0 Å². The van der Waals surface area contributed by atoms with Crippen LogP contribution >= 0.6 is 23.4 Å². The molecule has 1 aromatic heterocycles. The number of Topliss-reactive ketones (excluding diaryl/α,β-unsaturated/α-hetero) is 1. The Kier molecular flexibility index (Phi) is 6.68. The monoisotopic (exact) mass is 462 g/mol. The second kappa shape index (κ2) is 9.80. The highest BCUT2D eigenvalue weighted by Crippen LogP contribution is 2.28. The molecule has 0 aliphatic heterocycles. The zero-order valence-electron chi connectivity index (χ0n) is 17.2. The fourth-order valence-corrected chi connectivity index (χ4v) is 3.95. The summed E-state index contributed by atoms with van der Waals surface area (Å²) in [6.07, 6.45) is 0. The van der Waals surface area contributed by atoms with Crippen LogP contribution in [0, 0.1) is 0 Å². The van der Waals surface area contributed by atoms with Gasteiger partial charge >= 0.3 is 0 Å². The van der Waals surface area contributed by atoms with Crippen molar-refractivity contribution < 1.29 is 9.59 Å². The van der Waals surface area contributed by atoms with Crippen LogP contribution in [0.5, 0.6) is 0 Å². The number of hydrogen-bond acceptors (Lipinski definition) is 5. The maximum absolute atomic E-state index is 12.5. The molecule has 3 aromatic carbocycles. The molecule has 0 saturated carbocycles. The number of ketones is 1. The molecule has 32 heavy (non-hydrogen) atoms. The van der Waals surface area contributed by atoms with Crippen molar-refractivity contribution in [1.82, 2.24) is 14.8 Å². The Hall–Kier alpha value is -3.42. The Morgan fingerprint density at radius 3 is 2.28 bits per heavy atom. The van der Waals surface area contributed by atoms with Gasteiger partial charge in [0.05, 0.1) is 5.75 Å². The SMILES string of the molecule is CC(=O)c1ccc(NC(=O)CSc2nnc(-c3ccc(Cl)cc3)n2-c2ccccc2)cc1. The summed E-state index contributed by atoms with van der Waals surface area (Å²) >= 11 is 7.32. The minimum absolute atomic E-state index is 0.0184. The molecule has 0 spiro atoms. The van der Waals surface area contributed by atoms with Crippen LogP contribution in [0.15, 0.2) is 84.0 Å². The van der Waals surface area contributed by atoms with Crippen LogP contribution in [0.1, 0.15) is 17.3 Å². The summed E-state index contributed by atoms with van der Waals surface area (Å²) in [5.41, 5.74) is 2.99. The van der Waals surface area contributed by atoms with Crippen LogP contribution in [0.3, 0.4) is 0 Å². The first-order chi connectivity index (χ1) is 15.5. The van der Waals surface area contributed by atoms with E-state index in [9.17, 15) is 9.59 Å². The van der Waals surface area contributed by atoms with Gasteiger partial charge in [-0.05, 0) is 67.6 Å². The summed E-state index contributed by atoms with van der Waals surface area (Å²) in [6, 6.07) is 23.9. The molecule has 8 heteroatoms. The van der Waals surface area contributed by atoms with Gasteiger partial charge in [-0.1, -0.05) is 41.6 Å². The van der Waals surface area contributed by atoms with E-state index >= 15 is 0 Å². The molecular formula is C24H19ClN4O2S. The smallest absolute Gasteiger partial charge is 0.234 e. The summed E-state index contributed by atoms with van der Waals surface area (Å²) in [4.78, 5) is 23.9. The highest BCUT2D eigenvalue weighted by molar-refractivity contribution is 7.99. The van der Waals surface area contributed by atoms with Crippen molar-refractivity contribution >= 4 is 40.7 Å². The second-order valence-electron chi connectivity index (χ2n) is 6.95. The van der Waals surface area contributed by atoms with Crippen molar-refractivity contribution in [1.29, 1.82) is 0 Å². The largest absolute Gasteiger partial charge is 0.325 e. The van der Waals surface area contributed by atoms with Crippen molar-refractivity contribution in [3.63, 3.8) is 0 Å². The third-order valence-electron chi connectivity index (χ3n) is 4.66. The number of nitrogens with zero attached hydrogens (tertiary/aromatic N) is 3. The average Bonchev–Trinajstić information content (AvgIpc) is 3.23. The van der Waals surface area contributed by atoms with E-state index in [0.29, 0.717) is 27.3 Å². The lowest BCUT2D eigenvalue weighted by Gasteiger charge is -2.10. The molecule has 0 aliphatic rings. The third kappa shape index (κ3) is 5.07. The van der Waals surface area contributed by atoms with E-state index in [2.05, 4.69) is 15.5 Å². The van der Waals surface area contributed by atoms with Gasteiger partial charge < -0.3 is 5.32 Å². The van der Waals surface area contributed by atoms with Crippen LogP contribution in [-0.4, -0.2) is 32.2 Å². The van der Waals surface area contributed by atoms with Crippen molar-refractivity contribution in [3.05, 3.63) is 89.4 Å². The number of benzene rings is 3. The highest BCUT2D eigenvalue weighted by Gasteiger charge is 2.17. The first kappa shape index (κ1) is 21.8. The van der Waals surface area contributed by atoms with Crippen LogP contribution in [-0.2, 0) is 4.79 Å². The summed E-state index contributed by atoms with van der Waals surface area (Å²) in [5.74, 6) is 0.618. The van der Waals surface area contributed by atoms with Crippen molar-refractivity contribution in [3.8, 4) is 17.1 Å². The Morgan fingerprint density at radius 2 is 1.62 bits per heavy atom. The van der Waals surface area contributed by atoms with Gasteiger partial charge in [0, 0.05) is 27.5 Å². The Labute approximate surface area is 194 Å². The zero-order valence-corrected chi connectivity index (χ0v) is 18.7. The van der Waals surface area contributed by atoms with Crippen LogP contribution in [0.4, 0.5) is 5.69 Å². The third-order valence-corrected chi connectivity index (χ3v) is 5.84. The number of anilines is 1. The highest BCUT2D eigenvalue weighted by atomic mass is 35.5. The quantitative estimate of drug-likeness (QED) is 0.289. The van der Waals surface area contributed by atoms with Gasteiger partial charge in [0.15, 0.2) is 16.8 Å². The number of carbonyl (C=O) groups excluding carboxylic acids is 2. The number of carbonyl (C=O) groups is 2. The van der Waals surface area contributed by atoms with Gasteiger partial charge in [0.25, 0.3) is 0 Å². The molecule has 1 amide bonds. The Balaban J connectivity index is 1.53. The standard InChI is InChI=1S/C24H19ClN4O2S/c1-16(30)17-9-13-20(14-10-17)26-22(31)15-32-24-28-27-23(18-7-11-19(25)12-8-18)29(24)21-5-3-2-4-6-21/h2-14H,15H2,1H3,(H,26,31).